The Morgan fingerprint density at radius 2 is 1.35 bits per heavy atom. The summed E-state index contributed by atoms with van der Waals surface area (Å²) >= 11 is 0. The first-order valence-corrected chi connectivity index (χ1v) is 22.1. The van der Waals surface area contributed by atoms with E-state index in [2.05, 4.69) is 57.3 Å². The molecule has 9 atom stereocenters. The van der Waals surface area contributed by atoms with Crippen LogP contribution in [0.25, 0.3) is 0 Å². The van der Waals surface area contributed by atoms with Crippen molar-refractivity contribution >= 4 is 0 Å². The molecular formula is C46H67N3. The van der Waals surface area contributed by atoms with Gasteiger partial charge in [-0.05, 0) is 162 Å². The van der Waals surface area contributed by atoms with E-state index in [1.54, 1.807) is 17.0 Å². The summed E-state index contributed by atoms with van der Waals surface area (Å²) < 4.78 is 3.00. The van der Waals surface area contributed by atoms with Gasteiger partial charge in [0.25, 0.3) is 0 Å². The molecular weight excluding hydrogens is 595 g/mol. The van der Waals surface area contributed by atoms with Crippen molar-refractivity contribution in [1.29, 1.82) is 0 Å². The topological polar surface area (TPSA) is 20.2 Å². The minimum atomic E-state index is 0.657. The van der Waals surface area contributed by atoms with E-state index in [1.807, 2.05) is 0 Å². The van der Waals surface area contributed by atoms with E-state index >= 15 is 0 Å². The van der Waals surface area contributed by atoms with E-state index < -0.39 is 0 Å². The SMILES string of the molecule is C1=CCC(C2NC3C(C=CC4C5CCC=CC5N(C5CCCCC5)C43)C2C2CCC(c3cc4c(n3C3CCCCC3)CCCC4)CC2)CC1. The highest BCUT2D eigenvalue weighted by Crippen LogP contribution is 2.55. The van der Waals surface area contributed by atoms with E-state index in [0.29, 0.717) is 24.2 Å². The summed E-state index contributed by atoms with van der Waals surface area (Å²) in [5.41, 5.74) is 5.32. The number of rotatable bonds is 5. The van der Waals surface area contributed by atoms with Gasteiger partial charge in [-0.15, -0.1) is 0 Å². The third-order valence-electron chi connectivity index (χ3n) is 16.5. The maximum Gasteiger partial charge on any atom is 0.0336 e. The first-order valence-electron chi connectivity index (χ1n) is 22.1. The van der Waals surface area contributed by atoms with Crippen LogP contribution >= 0.6 is 0 Å². The van der Waals surface area contributed by atoms with Crippen molar-refractivity contribution in [1.82, 2.24) is 14.8 Å². The number of nitrogens with one attached hydrogen (secondary N) is 1. The Bertz CT molecular complexity index is 1400. The van der Waals surface area contributed by atoms with Crippen LogP contribution in [0.1, 0.15) is 164 Å². The Hall–Kier alpha value is -1.58. The van der Waals surface area contributed by atoms with Crippen LogP contribution in [0.15, 0.2) is 42.5 Å². The molecule has 1 N–H and O–H groups in total. The van der Waals surface area contributed by atoms with Gasteiger partial charge in [0, 0.05) is 47.6 Å². The highest BCUT2D eigenvalue weighted by atomic mass is 15.3. The fraction of sp³-hybridized carbons (Fsp3) is 0.783. The molecule has 0 radical (unpaired) electrons. The second-order valence-electron chi connectivity index (χ2n) is 18.8. The molecule has 1 aromatic heterocycles. The number of aryl methyl sites for hydroxylation is 1. The molecule has 9 aliphatic rings. The van der Waals surface area contributed by atoms with Crippen LogP contribution in [-0.4, -0.2) is 39.7 Å². The van der Waals surface area contributed by atoms with Gasteiger partial charge >= 0.3 is 0 Å². The highest BCUT2D eigenvalue weighted by molar-refractivity contribution is 5.34. The quantitative estimate of drug-likeness (QED) is 0.317. The smallest absolute Gasteiger partial charge is 0.0336 e. The molecule has 49 heavy (non-hydrogen) atoms. The molecule has 2 saturated heterocycles. The third-order valence-corrected chi connectivity index (χ3v) is 16.5. The van der Waals surface area contributed by atoms with E-state index in [-0.39, 0.29) is 0 Å². The average molecular weight is 662 g/mol. The van der Waals surface area contributed by atoms with Crippen molar-refractivity contribution in [2.45, 2.75) is 190 Å². The number of aromatic nitrogens is 1. The van der Waals surface area contributed by atoms with Crippen LogP contribution in [0.4, 0.5) is 0 Å². The van der Waals surface area contributed by atoms with Gasteiger partial charge in [0.2, 0.25) is 0 Å². The lowest BCUT2D eigenvalue weighted by Crippen LogP contribution is -2.56. The summed E-state index contributed by atoms with van der Waals surface area (Å²) in [6.07, 6.45) is 48.4. The second kappa shape index (κ2) is 13.8. The number of allylic oxidation sites excluding steroid dienone is 3. The van der Waals surface area contributed by atoms with Crippen molar-refractivity contribution in [3.05, 3.63) is 59.5 Å². The van der Waals surface area contributed by atoms with E-state index in [1.165, 1.54) is 148 Å². The summed E-state index contributed by atoms with van der Waals surface area (Å²) in [5, 5.41) is 4.63. The highest BCUT2D eigenvalue weighted by Gasteiger charge is 2.60. The van der Waals surface area contributed by atoms with Crippen LogP contribution in [0, 0.1) is 35.5 Å². The standard InChI is InChI=1S/C46H67N3/c1-4-14-33(15-5-1)44-43(32-26-24-31(25-27-32)42-30-34-16-10-12-22-40(34)48(42)35-17-6-2-7-18-35)39-29-28-38-37-21-11-13-23-41(37)49(46(38)45(39)47-44)36-19-8-3-9-20-36/h1,4,13,23,28-33,35-39,41,43-47H,2-3,5-12,14-22,24-27H2. The first-order chi connectivity index (χ1) is 24.3. The molecule has 0 bridgehead atoms. The predicted molar refractivity (Wildman–Crippen MR) is 203 cm³/mol. The molecule has 9 unspecified atom stereocenters. The Kier molecular flexibility index (Phi) is 9.02. The Morgan fingerprint density at radius 1 is 0.592 bits per heavy atom. The Morgan fingerprint density at radius 3 is 2.14 bits per heavy atom. The van der Waals surface area contributed by atoms with Crippen LogP contribution in [0.5, 0.6) is 0 Å². The van der Waals surface area contributed by atoms with Gasteiger partial charge in [-0.1, -0.05) is 75.0 Å². The molecule has 266 valence electrons. The Balaban J connectivity index is 0.938. The summed E-state index contributed by atoms with van der Waals surface area (Å²) in [5.74, 6) is 5.65. The fourth-order valence-electron chi connectivity index (χ4n) is 14.4. The second-order valence-corrected chi connectivity index (χ2v) is 18.8. The van der Waals surface area contributed by atoms with Crippen molar-refractivity contribution in [3.63, 3.8) is 0 Å². The summed E-state index contributed by atoms with van der Waals surface area (Å²) in [6, 6.07) is 7.13. The average Bonchev–Trinajstić information content (AvgIpc) is 3.86. The summed E-state index contributed by atoms with van der Waals surface area (Å²) in [7, 11) is 0. The van der Waals surface area contributed by atoms with E-state index in [4.69, 9.17) is 0 Å². The lowest BCUT2D eigenvalue weighted by molar-refractivity contribution is 0.0749. The molecule has 7 aliphatic carbocycles. The summed E-state index contributed by atoms with van der Waals surface area (Å²) in [6.45, 7) is 0. The maximum atomic E-state index is 4.63. The number of nitrogens with zero attached hydrogens (tertiary/aromatic N) is 2. The molecule has 5 fully saturated rings. The molecule has 3 nitrogen and oxygen atoms in total. The first kappa shape index (κ1) is 32.1. The molecule has 3 heterocycles. The van der Waals surface area contributed by atoms with Crippen LogP contribution < -0.4 is 5.32 Å². The van der Waals surface area contributed by atoms with Crippen molar-refractivity contribution in [2.75, 3.05) is 0 Å². The van der Waals surface area contributed by atoms with Crippen LogP contribution in [0.2, 0.25) is 0 Å². The maximum absolute atomic E-state index is 4.63. The summed E-state index contributed by atoms with van der Waals surface area (Å²) in [4.78, 5) is 3.18. The number of hydrogen-bond acceptors (Lipinski definition) is 2. The van der Waals surface area contributed by atoms with Crippen LogP contribution in [-0.2, 0) is 12.8 Å². The van der Waals surface area contributed by atoms with Gasteiger partial charge in [0.1, 0.15) is 0 Å². The third kappa shape index (κ3) is 5.64. The minimum absolute atomic E-state index is 0.657. The zero-order valence-corrected chi connectivity index (χ0v) is 30.7. The van der Waals surface area contributed by atoms with Crippen LogP contribution in [0.3, 0.4) is 0 Å². The van der Waals surface area contributed by atoms with Crippen molar-refractivity contribution < 1.29 is 0 Å². The molecule has 2 aliphatic heterocycles. The Labute approximate surface area is 298 Å². The van der Waals surface area contributed by atoms with Crippen molar-refractivity contribution in [2.24, 2.45) is 35.5 Å². The van der Waals surface area contributed by atoms with Gasteiger partial charge in [-0.2, -0.15) is 0 Å². The predicted octanol–water partition coefficient (Wildman–Crippen LogP) is 10.6. The number of fused-ring (bicyclic) bond motifs is 6. The lowest BCUT2D eigenvalue weighted by Gasteiger charge is -2.45. The van der Waals surface area contributed by atoms with E-state index in [0.717, 1.165) is 53.5 Å². The molecule has 1 aromatic rings. The van der Waals surface area contributed by atoms with E-state index in [9.17, 15) is 0 Å². The van der Waals surface area contributed by atoms with Gasteiger partial charge < -0.3 is 9.88 Å². The number of likely N-dealkylation sites (tertiary alicyclic amines) is 1. The lowest BCUT2D eigenvalue weighted by atomic mass is 9.64. The molecule has 0 amide bonds. The van der Waals surface area contributed by atoms with Gasteiger partial charge in [0.05, 0.1) is 0 Å². The van der Waals surface area contributed by atoms with Gasteiger partial charge in [-0.25, -0.2) is 0 Å². The fourth-order valence-corrected chi connectivity index (χ4v) is 14.4. The molecule has 3 heteroatoms. The minimum Gasteiger partial charge on any atom is -0.345 e. The van der Waals surface area contributed by atoms with Crippen molar-refractivity contribution in [3.8, 4) is 0 Å². The van der Waals surface area contributed by atoms with Gasteiger partial charge in [0.15, 0.2) is 0 Å². The molecule has 0 spiro atoms. The molecule has 0 aromatic carbocycles. The van der Waals surface area contributed by atoms with Gasteiger partial charge in [-0.3, -0.25) is 4.90 Å². The zero-order chi connectivity index (χ0) is 32.3. The zero-order valence-electron chi connectivity index (χ0n) is 30.7. The monoisotopic (exact) mass is 662 g/mol. The normalized spacial score (nSPS) is 42.9. The molecule has 10 rings (SSSR count). The number of hydrogen-bond donors (Lipinski definition) is 1. The largest absolute Gasteiger partial charge is 0.345 e. The molecule has 3 saturated carbocycles.